The second-order valence-electron chi connectivity index (χ2n) is 4.74. The van der Waals surface area contributed by atoms with Gasteiger partial charge in [0.05, 0.1) is 17.9 Å². The van der Waals surface area contributed by atoms with Crippen LogP contribution in [0.1, 0.15) is 25.3 Å². The van der Waals surface area contributed by atoms with Crippen molar-refractivity contribution in [1.82, 2.24) is 0 Å². The first-order valence-corrected chi connectivity index (χ1v) is 7.24. The Morgan fingerprint density at radius 2 is 2.28 bits per heavy atom. The Labute approximate surface area is 112 Å². The molecule has 0 atom stereocenters. The number of nitrogens with zero attached hydrogens (tertiary/aromatic N) is 1. The highest BCUT2D eigenvalue weighted by atomic mass is 32.2. The molecule has 1 aliphatic rings. The van der Waals surface area contributed by atoms with Crippen molar-refractivity contribution in [3.8, 4) is 6.07 Å². The van der Waals surface area contributed by atoms with Crippen LogP contribution in [0, 0.1) is 16.7 Å². The quantitative estimate of drug-likeness (QED) is 0.774. The first-order chi connectivity index (χ1) is 8.74. The Kier molecular flexibility index (Phi) is 4.15. The predicted molar refractivity (Wildman–Crippen MR) is 74.8 cm³/mol. The lowest BCUT2D eigenvalue weighted by Crippen LogP contribution is -2.19. The number of rotatable bonds is 6. The molecular formula is C14H18N2OS. The van der Waals surface area contributed by atoms with Crippen molar-refractivity contribution >= 4 is 17.4 Å². The monoisotopic (exact) mass is 262 g/mol. The Hall–Kier alpha value is -1.18. The maximum absolute atomic E-state index is 9.29. The van der Waals surface area contributed by atoms with Crippen LogP contribution in [-0.4, -0.2) is 24.0 Å². The van der Waals surface area contributed by atoms with E-state index in [9.17, 15) is 10.4 Å². The van der Waals surface area contributed by atoms with E-state index < -0.39 is 0 Å². The summed E-state index contributed by atoms with van der Waals surface area (Å²) in [5.41, 5.74) is 1.66. The maximum Gasteiger partial charge on any atom is 0.102 e. The molecule has 0 amide bonds. The normalized spacial score (nSPS) is 16.1. The molecule has 4 heteroatoms. The first-order valence-electron chi connectivity index (χ1n) is 6.25. The van der Waals surface area contributed by atoms with Gasteiger partial charge in [-0.1, -0.05) is 13.0 Å². The lowest BCUT2D eigenvalue weighted by Gasteiger charge is -2.15. The zero-order valence-electron chi connectivity index (χ0n) is 10.6. The molecule has 0 saturated heterocycles. The number of nitriles is 1. The van der Waals surface area contributed by atoms with E-state index in [-0.39, 0.29) is 12.0 Å². The SMILES string of the molecule is CCSc1cccc(NCC2(CO)CC2)c1C#N. The van der Waals surface area contributed by atoms with E-state index in [1.165, 1.54) is 0 Å². The zero-order chi connectivity index (χ0) is 13.0. The van der Waals surface area contributed by atoms with Gasteiger partial charge in [0, 0.05) is 16.9 Å². The number of aliphatic hydroxyl groups excluding tert-OH is 1. The number of thioether (sulfide) groups is 1. The third-order valence-corrected chi connectivity index (χ3v) is 4.32. The lowest BCUT2D eigenvalue weighted by molar-refractivity contribution is 0.220. The number of aliphatic hydroxyl groups is 1. The molecule has 0 bridgehead atoms. The van der Waals surface area contributed by atoms with Gasteiger partial charge >= 0.3 is 0 Å². The summed E-state index contributed by atoms with van der Waals surface area (Å²) >= 11 is 1.68. The molecule has 0 radical (unpaired) electrons. The van der Waals surface area contributed by atoms with Gasteiger partial charge in [-0.3, -0.25) is 0 Å². The van der Waals surface area contributed by atoms with Crippen molar-refractivity contribution in [2.75, 3.05) is 24.2 Å². The largest absolute Gasteiger partial charge is 0.396 e. The molecule has 2 rings (SSSR count). The summed E-state index contributed by atoms with van der Waals surface area (Å²) in [5, 5.41) is 21.9. The molecule has 0 unspecified atom stereocenters. The van der Waals surface area contributed by atoms with Crippen molar-refractivity contribution < 1.29 is 5.11 Å². The lowest BCUT2D eigenvalue weighted by atomic mass is 10.1. The molecule has 0 aliphatic heterocycles. The molecule has 0 aromatic heterocycles. The summed E-state index contributed by atoms with van der Waals surface area (Å²) in [5.74, 6) is 0.957. The van der Waals surface area contributed by atoms with E-state index in [0.29, 0.717) is 0 Å². The fourth-order valence-electron chi connectivity index (χ4n) is 1.92. The summed E-state index contributed by atoms with van der Waals surface area (Å²) < 4.78 is 0. The van der Waals surface area contributed by atoms with Crippen molar-refractivity contribution in [3.05, 3.63) is 23.8 Å². The minimum Gasteiger partial charge on any atom is -0.396 e. The zero-order valence-corrected chi connectivity index (χ0v) is 11.4. The highest BCUT2D eigenvalue weighted by Gasteiger charge is 2.41. The van der Waals surface area contributed by atoms with Gasteiger partial charge in [-0.25, -0.2) is 0 Å². The van der Waals surface area contributed by atoms with E-state index in [0.717, 1.165) is 41.3 Å². The number of anilines is 1. The number of hydrogen-bond acceptors (Lipinski definition) is 4. The summed E-state index contributed by atoms with van der Waals surface area (Å²) in [6.45, 7) is 3.06. The third kappa shape index (κ3) is 2.80. The number of hydrogen-bond donors (Lipinski definition) is 2. The fraction of sp³-hybridized carbons (Fsp3) is 0.500. The van der Waals surface area contributed by atoms with Crippen molar-refractivity contribution in [2.24, 2.45) is 5.41 Å². The molecule has 96 valence electrons. The van der Waals surface area contributed by atoms with E-state index in [1.807, 2.05) is 18.2 Å². The molecule has 2 N–H and O–H groups in total. The van der Waals surface area contributed by atoms with Crippen LogP contribution in [-0.2, 0) is 0 Å². The highest BCUT2D eigenvalue weighted by molar-refractivity contribution is 7.99. The van der Waals surface area contributed by atoms with Gasteiger partial charge in [-0.15, -0.1) is 11.8 Å². The Morgan fingerprint density at radius 3 is 2.83 bits per heavy atom. The molecule has 18 heavy (non-hydrogen) atoms. The van der Waals surface area contributed by atoms with Crippen LogP contribution < -0.4 is 5.32 Å². The average Bonchev–Trinajstić information content (AvgIpc) is 3.17. The van der Waals surface area contributed by atoms with Crippen molar-refractivity contribution in [1.29, 1.82) is 5.26 Å². The Morgan fingerprint density at radius 1 is 1.50 bits per heavy atom. The van der Waals surface area contributed by atoms with Crippen LogP contribution in [0.15, 0.2) is 23.1 Å². The standard InChI is InChI=1S/C14H18N2OS/c1-2-18-13-5-3-4-12(11(13)8-15)16-9-14(10-17)6-7-14/h3-5,16-17H,2,6-7,9-10H2,1H3. The molecule has 0 heterocycles. The van der Waals surface area contributed by atoms with Gasteiger partial charge in [0.15, 0.2) is 0 Å². The summed E-state index contributed by atoms with van der Waals surface area (Å²) in [6, 6.07) is 8.17. The maximum atomic E-state index is 9.29. The first kappa shape index (κ1) is 13.3. The Bertz CT molecular complexity index is 463. The van der Waals surface area contributed by atoms with Crippen LogP contribution in [0.25, 0.3) is 0 Å². The molecule has 3 nitrogen and oxygen atoms in total. The predicted octanol–water partition coefficient (Wildman–Crippen LogP) is 2.85. The second-order valence-corrected chi connectivity index (χ2v) is 6.04. The third-order valence-electron chi connectivity index (χ3n) is 3.38. The molecule has 1 saturated carbocycles. The van der Waals surface area contributed by atoms with Gasteiger partial charge in [0.1, 0.15) is 6.07 Å². The number of benzene rings is 1. The van der Waals surface area contributed by atoms with E-state index in [4.69, 9.17) is 0 Å². The summed E-state index contributed by atoms with van der Waals surface area (Å²) in [4.78, 5) is 1.03. The topological polar surface area (TPSA) is 56.0 Å². The highest BCUT2D eigenvalue weighted by Crippen LogP contribution is 2.45. The van der Waals surface area contributed by atoms with E-state index >= 15 is 0 Å². The van der Waals surface area contributed by atoms with Gasteiger partial charge in [0.25, 0.3) is 0 Å². The molecule has 1 fully saturated rings. The van der Waals surface area contributed by atoms with Crippen LogP contribution in [0.2, 0.25) is 0 Å². The molecule has 1 aromatic rings. The van der Waals surface area contributed by atoms with Crippen LogP contribution in [0.5, 0.6) is 0 Å². The number of nitrogens with one attached hydrogen (secondary N) is 1. The average molecular weight is 262 g/mol. The van der Waals surface area contributed by atoms with E-state index in [1.54, 1.807) is 11.8 Å². The molecule has 1 aromatic carbocycles. The molecule has 0 spiro atoms. The molecule has 1 aliphatic carbocycles. The second kappa shape index (κ2) is 5.64. The van der Waals surface area contributed by atoms with Crippen LogP contribution in [0.3, 0.4) is 0 Å². The summed E-state index contributed by atoms with van der Waals surface area (Å²) in [7, 11) is 0. The van der Waals surface area contributed by atoms with Crippen molar-refractivity contribution in [3.63, 3.8) is 0 Å². The fourth-order valence-corrected chi connectivity index (χ4v) is 2.71. The summed E-state index contributed by atoms with van der Waals surface area (Å²) in [6.07, 6.45) is 2.14. The van der Waals surface area contributed by atoms with Crippen molar-refractivity contribution in [2.45, 2.75) is 24.7 Å². The van der Waals surface area contributed by atoms with Gasteiger partial charge < -0.3 is 10.4 Å². The van der Waals surface area contributed by atoms with E-state index in [2.05, 4.69) is 18.3 Å². The van der Waals surface area contributed by atoms with Gasteiger partial charge in [-0.05, 0) is 30.7 Å². The Balaban J connectivity index is 2.12. The van der Waals surface area contributed by atoms with Gasteiger partial charge in [-0.2, -0.15) is 5.26 Å². The van der Waals surface area contributed by atoms with Crippen LogP contribution in [0.4, 0.5) is 5.69 Å². The van der Waals surface area contributed by atoms with Gasteiger partial charge in [0.2, 0.25) is 0 Å². The van der Waals surface area contributed by atoms with Crippen LogP contribution >= 0.6 is 11.8 Å². The minimum absolute atomic E-state index is 0.0562. The minimum atomic E-state index is 0.0562. The molecular weight excluding hydrogens is 244 g/mol. The smallest absolute Gasteiger partial charge is 0.102 e.